The zero-order valence-electron chi connectivity index (χ0n) is 19.8. The summed E-state index contributed by atoms with van der Waals surface area (Å²) in [5.41, 5.74) is 4.31. The first-order chi connectivity index (χ1) is 18.5. The molecule has 0 spiro atoms. The zero-order valence-corrected chi connectivity index (χ0v) is 20.6. The first-order valence-electron chi connectivity index (χ1n) is 12.1. The number of imidazole rings is 1. The summed E-state index contributed by atoms with van der Waals surface area (Å²) in [5, 5.41) is 10.2. The number of aromatic nitrogens is 6. The quantitative estimate of drug-likeness (QED) is 0.243. The Morgan fingerprint density at radius 3 is 2.76 bits per heavy atom. The molecule has 11 heteroatoms. The molecule has 0 atom stereocenters. The van der Waals surface area contributed by atoms with Crippen molar-refractivity contribution < 1.29 is 13.6 Å². The fraction of sp³-hybridized carbons (Fsp3) is 0.148. The molecular formula is C27H19F2N7OS. The van der Waals surface area contributed by atoms with E-state index in [9.17, 15) is 9.18 Å². The third kappa shape index (κ3) is 3.82. The van der Waals surface area contributed by atoms with E-state index in [1.165, 1.54) is 12.1 Å². The van der Waals surface area contributed by atoms with Crippen molar-refractivity contribution in [2.24, 2.45) is 5.92 Å². The first kappa shape index (κ1) is 22.7. The normalized spacial score (nSPS) is 13.7. The molecule has 5 heterocycles. The van der Waals surface area contributed by atoms with E-state index in [1.807, 2.05) is 6.07 Å². The molecule has 38 heavy (non-hydrogen) atoms. The molecule has 0 radical (unpaired) electrons. The Morgan fingerprint density at radius 2 is 1.97 bits per heavy atom. The second kappa shape index (κ2) is 8.80. The minimum absolute atomic E-state index is 0.0166. The van der Waals surface area contributed by atoms with Gasteiger partial charge in [0.05, 0.1) is 17.4 Å². The summed E-state index contributed by atoms with van der Waals surface area (Å²) in [6.07, 6.45) is 7.68. The number of nitrogens with zero attached hydrogens (tertiary/aromatic N) is 4. The van der Waals surface area contributed by atoms with Crippen LogP contribution in [0.1, 0.15) is 19.3 Å². The SMILES string of the molecule is O=C(Nc1cncc(-c2cc(F)c3n[nH]c(-c4nc5nccc(-c6ccc(F)s6)c5[nH]4)c3c2)c1)C1CCC1. The van der Waals surface area contributed by atoms with Crippen molar-refractivity contribution in [1.29, 1.82) is 0 Å². The number of H-pyrrole nitrogens is 2. The second-order valence-corrected chi connectivity index (χ2v) is 10.3. The summed E-state index contributed by atoms with van der Waals surface area (Å²) in [5.74, 6) is -0.0562. The molecule has 0 saturated heterocycles. The van der Waals surface area contributed by atoms with Gasteiger partial charge in [-0.2, -0.15) is 9.49 Å². The van der Waals surface area contributed by atoms with Crippen LogP contribution in [0.4, 0.5) is 14.5 Å². The van der Waals surface area contributed by atoms with Gasteiger partial charge in [0.15, 0.2) is 22.4 Å². The van der Waals surface area contributed by atoms with Crippen LogP contribution < -0.4 is 5.32 Å². The highest BCUT2D eigenvalue weighted by Crippen LogP contribution is 2.36. The number of carbonyl (C=O) groups excluding carboxylic acids is 1. The van der Waals surface area contributed by atoms with Crippen molar-refractivity contribution in [3.05, 3.63) is 65.9 Å². The number of rotatable bonds is 5. The van der Waals surface area contributed by atoms with Gasteiger partial charge in [0.2, 0.25) is 5.91 Å². The van der Waals surface area contributed by atoms with Gasteiger partial charge < -0.3 is 10.3 Å². The maximum absolute atomic E-state index is 15.2. The van der Waals surface area contributed by atoms with Crippen LogP contribution in [0.3, 0.4) is 0 Å². The number of carbonyl (C=O) groups is 1. The number of pyridine rings is 2. The van der Waals surface area contributed by atoms with E-state index in [-0.39, 0.29) is 22.5 Å². The van der Waals surface area contributed by atoms with Crippen molar-refractivity contribution in [3.63, 3.8) is 0 Å². The maximum atomic E-state index is 15.2. The Hall–Kier alpha value is -4.51. The first-order valence-corrected chi connectivity index (χ1v) is 12.9. The number of nitrogens with one attached hydrogen (secondary N) is 3. The fourth-order valence-electron chi connectivity index (χ4n) is 4.70. The van der Waals surface area contributed by atoms with E-state index in [0.717, 1.165) is 41.0 Å². The third-order valence-electron chi connectivity index (χ3n) is 6.89. The number of hydrogen-bond acceptors (Lipinski definition) is 6. The van der Waals surface area contributed by atoms with Gasteiger partial charge in [-0.3, -0.25) is 14.9 Å². The molecular weight excluding hydrogens is 508 g/mol. The van der Waals surface area contributed by atoms with E-state index in [4.69, 9.17) is 0 Å². The molecule has 1 amide bonds. The average molecular weight is 528 g/mol. The van der Waals surface area contributed by atoms with Crippen LogP contribution in [0, 0.1) is 16.9 Å². The Kier molecular flexibility index (Phi) is 5.25. The minimum atomic E-state index is -0.507. The van der Waals surface area contributed by atoms with Gasteiger partial charge in [-0.05, 0) is 54.8 Å². The summed E-state index contributed by atoms with van der Waals surface area (Å²) in [4.78, 5) is 29.6. The lowest BCUT2D eigenvalue weighted by atomic mass is 9.85. The van der Waals surface area contributed by atoms with Crippen LogP contribution in [-0.2, 0) is 4.79 Å². The number of fused-ring (bicyclic) bond motifs is 2. The van der Waals surface area contributed by atoms with Crippen molar-refractivity contribution in [3.8, 4) is 33.1 Å². The van der Waals surface area contributed by atoms with Gasteiger partial charge in [-0.25, -0.2) is 14.4 Å². The summed E-state index contributed by atoms with van der Waals surface area (Å²) in [7, 11) is 0. The van der Waals surface area contributed by atoms with Crippen LogP contribution in [0.5, 0.6) is 0 Å². The highest BCUT2D eigenvalue weighted by Gasteiger charge is 2.25. The lowest BCUT2D eigenvalue weighted by molar-refractivity contribution is -0.122. The molecule has 188 valence electrons. The molecule has 1 aromatic carbocycles. The van der Waals surface area contributed by atoms with Crippen molar-refractivity contribution in [2.45, 2.75) is 19.3 Å². The molecule has 0 bridgehead atoms. The minimum Gasteiger partial charge on any atom is -0.335 e. The maximum Gasteiger partial charge on any atom is 0.227 e. The van der Waals surface area contributed by atoms with E-state index < -0.39 is 5.82 Å². The molecule has 8 nitrogen and oxygen atoms in total. The summed E-state index contributed by atoms with van der Waals surface area (Å²) in [6, 6.07) is 9.90. The molecule has 1 aliphatic carbocycles. The largest absolute Gasteiger partial charge is 0.335 e. The Bertz CT molecular complexity index is 1850. The standard InChI is InChI=1S/C27H19F2N7OS/c28-19-10-14(15-8-16(12-30-11-15)32-27(37)13-2-1-3-13)9-18-22(19)35-36-24(18)26-33-23-17(6-7-31-25(23)34-26)20-4-5-21(29)38-20/h4-13H,1-3H2,(H,32,37)(H,35,36)(H,31,33,34). The van der Waals surface area contributed by atoms with Crippen molar-refractivity contribution in [1.82, 2.24) is 30.1 Å². The van der Waals surface area contributed by atoms with Gasteiger partial charge in [0, 0.05) is 39.7 Å². The molecule has 1 aliphatic rings. The number of thiophene rings is 1. The second-order valence-electron chi connectivity index (χ2n) is 9.28. The van der Waals surface area contributed by atoms with Crippen LogP contribution in [0.2, 0.25) is 0 Å². The highest BCUT2D eigenvalue weighted by molar-refractivity contribution is 7.14. The highest BCUT2D eigenvalue weighted by atomic mass is 32.1. The molecule has 1 saturated carbocycles. The van der Waals surface area contributed by atoms with Gasteiger partial charge >= 0.3 is 0 Å². The van der Waals surface area contributed by atoms with Gasteiger partial charge in [-0.1, -0.05) is 6.42 Å². The number of hydrogen-bond donors (Lipinski definition) is 3. The summed E-state index contributed by atoms with van der Waals surface area (Å²) in [6.45, 7) is 0. The molecule has 1 fully saturated rings. The lowest BCUT2D eigenvalue weighted by Gasteiger charge is -2.24. The summed E-state index contributed by atoms with van der Waals surface area (Å²) < 4.78 is 28.9. The van der Waals surface area contributed by atoms with E-state index in [0.29, 0.717) is 44.9 Å². The van der Waals surface area contributed by atoms with Gasteiger partial charge in [-0.15, -0.1) is 11.3 Å². The van der Waals surface area contributed by atoms with Crippen LogP contribution in [0.15, 0.2) is 55.0 Å². The predicted molar refractivity (Wildman–Crippen MR) is 141 cm³/mol. The summed E-state index contributed by atoms with van der Waals surface area (Å²) >= 11 is 1.03. The average Bonchev–Trinajstić information content (AvgIpc) is 3.60. The van der Waals surface area contributed by atoms with Gasteiger partial charge in [0.1, 0.15) is 11.2 Å². The Morgan fingerprint density at radius 1 is 1.08 bits per heavy atom. The van der Waals surface area contributed by atoms with Crippen LogP contribution >= 0.6 is 11.3 Å². The number of amides is 1. The number of aromatic amines is 2. The van der Waals surface area contributed by atoms with Crippen LogP contribution in [0.25, 0.3) is 55.2 Å². The molecule has 6 aromatic rings. The molecule has 3 N–H and O–H groups in total. The van der Waals surface area contributed by atoms with Crippen molar-refractivity contribution in [2.75, 3.05) is 5.32 Å². The number of benzene rings is 1. The van der Waals surface area contributed by atoms with E-state index in [2.05, 4.69) is 35.5 Å². The molecule has 0 aliphatic heterocycles. The monoisotopic (exact) mass is 527 g/mol. The Balaban J connectivity index is 1.29. The predicted octanol–water partition coefficient (Wildman–Crippen LogP) is 6.31. The van der Waals surface area contributed by atoms with Crippen LogP contribution in [-0.4, -0.2) is 36.0 Å². The lowest BCUT2D eigenvalue weighted by Crippen LogP contribution is -2.28. The molecule has 0 unspecified atom stereocenters. The van der Waals surface area contributed by atoms with E-state index >= 15 is 4.39 Å². The number of halogens is 2. The zero-order chi connectivity index (χ0) is 25.8. The van der Waals surface area contributed by atoms with Gasteiger partial charge in [0.25, 0.3) is 0 Å². The fourth-order valence-corrected chi connectivity index (χ4v) is 5.46. The molecule has 5 aromatic heterocycles. The smallest absolute Gasteiger partial charge is 0.227 e. The Labute approximate surface area is 218 Å². The molecule has 7 rings (SSSR count). The van der Waals surface area contributed by atoms with E-state index in [1.54, 1.807) is 36.8 Å². The third-order valence-corrected chi connectivity index (χ3v) is 7.80. The number of anilines is 1. The van der Waals surface area contributed by atoms with Crippen molar-refractivity contribution >= 4 is 45.0 Å². The topological polar surface area (TPSA) is 112 Å².